The van der Waals surface area contributed by atoms with Crippen LogP contribution in [0.5, 0.6) is 0 Å². The minimum absolute atomic E-state index is 0. The Hall–Kier alpha value is -3.73. The molecule has 0 amide bonds. The van der Waals surface area contributed by atoms with Gasteiger partial charge in [0.05, 0.1) is 18.4 Å². The lowest BCUT2D eigenvalue weighted by Crippen LogP contribution is -2.49. The molecule has 29 heavy (non-hydrogen) atoms. The van der Waals surface area contributed by atoms with Crippen molar-refractivity contribution in [2.45, 2.75) is 13.3 Å². The van der Waals surface area contributed by atoms with E-state index in [0.29, 0.717) is 5.56 Å². The van der Waals surface area contributed by atoms with Crippen molar-refractivity contribution >= 4 is 23.2 Å². The van der Waals surface area contributed by atoms with Gasteiger partial charge in [-0.3, -0.25) is 10.9 Å². The molecule has 0 saturated carbocycles. The van der Waals surface area contributed by atoms with Gasteiger partial charge in [-0.2, -0.15) is 0 Å². The van der Waals surface area contributed by atoms with Crippen LogP contribution in [0.25, 0.3) is 11.5 Å². The number of ether oxygens (including phenoxy) is 1. The zero-order valence-electron chi connectivity index (χ0n) is 16.5. The Bertz CT molecular complexity index is 1170. The van der Waals surface area contributed by atoms with Gasteiger partial charge in [-0.15, -0.1) is 0 Å². The fourth-order valence-corrected chi connectivity index (χ4v) is 3.41. The van der Waals surface area contributed by atoms with Crippen LogP contribution in [0.2, 0.25) is 0 Å². The molecule has 0 radical (unpaired) electrons. The van der Waals surface area contributed by atoms with Gasteiger partial charge in [-0.1, -0.05) is 55.5 Å². The largest absolute Gasteiger partial charge is 0.465 e. The molecule has 1 aliphatic heterocycles. The maximum atomic E-state index is 11.7. The number of carbonyl (C=O) groups is 1. The number of anilines is 1. The van der Waals surface area contributed by atoms with Crippen LogP contribution in [0, 0.1) is 0 Å². The monoisotopic (exact) mass is 387 g/mol. The average molecular weight is 387 g/mol. The standard InChI is InChI=1S/C24H23N3O2.H2/c1-3-16-7-6-8-19(15-16)25-23-21-10-5-4-9-20(21)22(26-27-23)17-11-13-18(14-12-17)24(28)29-2;/h4-15,25-27H,3H2,1-2H3;1H. The number of nitrogens with one attached hydrogen (secondary N) is 3. The number of fused-ring (bicyclic) bond motifs is 1. The third kappa shape index (κ3) is 3.80. The summed E-state index contributed by atoms with van der Waals surface area (Å²) in [4.78, 5) is 11.7. The number of hydrogen-bond acceptors (Lipinski definition) is 5. The molecule has 0 atom stereocenters. The third-order valence-corrected chi connectivity index (χ3v) is 4.98. The van der Waals surface area contributed by atoms with Crippen LogP contribution < -0.4 is 26.6 Å². The summed E-state index contributed by atoms with van der Waals surface area (Å²) in [5.41, 5.74) is 11.4. The lowest BCUT2D eigenvalue weighted by atomic mass is 10.0. The van der Waals surface area contributed by atoms with Gasteiger partial charge in [-0.25, -0.2) is 4.79 Å². The van der Waals surface area contributed by atoms with Gasteiger partial charge in [0.15, 0.2) is 0 Å². The van der Waals surface area contributed by atoms with Crippen LogP contribution in [0.15, 0.2) is 72.8 Å². The number of rotatable bonds is 5. The van der Waals surface area contributed by atoms with E-state index in [-0.39, 0.29) is 7.40 Å². The molecular weight excluding hydrogens is 362 g/mol. The number of methoxy groups -OCH3 is 1. The Balaban J connectivity index is 0.00000256. The highest BCUT2D eigenvalue weighted by atomic mass is 16.5. The maximum Gasteiger partial charge on any atom is 0.337 e. The molecule has 0 aromatic heterocycles. The zero-order valence-corrected chi connectivity index (χ0v) is 16.5. The van der Waals surface area contributed by atoms with Gasteiger partial charge >= 0.3 is 5.97 Å². The molecule has 0 aliphatic carbocycles. The summed E-state index contributed by atoms with van der Waals surface area (Å²) in [6.45, 7) is 2.15. The Morgan fingerprint density at radius 1 is 0.966 bits per heavy atom. The molecule has 5 nitrogen and oxygen atoms in total. The second-order valence-electron chi connectivity index (χ2n) is 6.79. The first-order valence-corrected chi connectivity index (χ1v) is 9.60. The normalized spacial score (nSPS) is 12.5. The zero-order chi connectivity index (χ0) is 20.2. The molecule has 3 aromatic carbocycles. The second kappa shape index (κ2) is 8.10. The predicted octanol–water partition coefficient (Wildman–Crippen LogP) is 2.72. The van der Waals surface area contributed by atoms with E-state index >= 15 is 0 Å². The fourth-order valence-electron chi connectivity index (χ4n) is 3.41. The minimum Gasteiger partial charge on any atom is -0.465 e. The van der Waals surface area contributed by atoms with Crippen molar-refractivity contribution < 1.29 is 11.0 Å². The SMILES string of the molecule is CCc1cccc(NC2=c3ccccc3=C(c3ccc(C(=O)OC)cc3)NN2)c1.[HH]. The van der Waals surface area contributed by atoms with Gasteiger partial charge in [0.2, 0.25) is 0 Å². The highest BCUT2D eigenvalue weighted by Crippen LogP contribution is 2.15. The lowest BCUT2D eigenvalue weighted by molar-refractivity contribution is 0.0600. The quantitative estimate of drug-likeness (QED) is 0.588. The van der Waals surface area contributed by atoms with Crippen molar-refractivity contribution in [3.8, 4) is 0 Å². The molecule has 0 fully saturated rings. The molecule has 0 unspecified atom stereocenters. The van der Waals surface area contributed by atoms with Crippen molar-refractivity contribution in [2.24, 2.45) is 0 Å². The molecule has 3 N–H and O–H groups in total. The van der Waals surface area contributed by atoms with Crippen LogP contribution in [-0.4, -0.2) is 13.1 Å². The molecule has 0 spiro atoms. The van der Waals surface area contributed by atoms with Crippen LogP contribution >= 0.6 is 0 Å². The molecule has 0 saturated heterocycles. The van der Waals surface area contributed by atoms with E-state index < -0.39 is 0 Å². The molecule has 1 aliphatic rings. The number of aryl methyl sites for hydroxylation is 1. The molecule has 1 heterocycles. The first-order valence-electron chi connectivity index (χ1n) is 9.60. The third-order valence-electron chi connectivity index (χ3n) is 4.98. The Morgan fingerprint density at radius 3 is 2.45 bits per heavy atom. The minimum atomic E-state index is -0.342. The number of carbonyl (C=O) groups excluding carboxylic acids is 1. The summed E-state index contributed by atoms with van der Waals surface area (Å²) in [5, 5.41) is 5.63. The van der Waals surface area contributed by atoms with Gasteiger partial charge in [-0.05, 0) is 36.2 Å². The van der Waals surface area contributed by atoms with E-state index in [1.807, 2.05) is 24.3 Å². The molecule has 4 rings (SSSR count). The van der Waals surface area contributed by atoms with Crippen molar-refractivity contribution in [3.63, 3.8) is 0 Å². The molecule has 3 aromatic rings. The Labute approximate surface area is 171 Å². The number of hydrogen-bond donors (Lipinski definition) is 3. The summed E-state index contributed by atoms with van der Waals surface area (Å²) in [7, 11) is 1.38. The summed E-state index contributed by atoms with van der Waals surface area (Å²) < 4.78 is 4.78. The van der Waals surface area contributed by atoms with Crippen molar-refractivity contribution in [1.82, 2.24) is 10.9 Å². The summed E-state index contributed by atoms with van der Waals surface area (Å²) in [6.07, 6.45) is 0.993. The highest BCUT2D eigenvalue weighted by molar-refractivity contribution is 5.89. The molecule has 148 valence electrons. The van der Waals surface area contributed by atoms with Crippen LogP contribution in [-0.2, 0) is 11.2 Å². The second-order valence-corrected chi connectivity index (χ2v) is 6.79. The fraction of sp³-hybridized carbons (Fsp3) is 0.125. The number of hydrazine groups is 1. The Morgan fingerprint density at radius 2 is 1.72 bits per heavy atom. The van der Waals surface area contributed by atoms with Crippen molar-refractivity contribution in [2.75, 3.05) is 12.4 Å². The smallest absolute Gasteiger partial charge is 0.337 e. The molecule has 5 heteroatoms. The van der Waals surface area contributed by atoms with Crippen LogP contribution in [0.1, 0.15) is 29.8 Å². The lowest BCUT2D eigenvalue weighted by Gasteiger charge is -2.22. The van der Waals surface area contributed by atoms with E-state index in [0.717, 1.165) is 39.6 Å². The van der Waals surface area contributed by atoms with Gasteiger partial charge in [0.1, 0.15) is 5.82 Å². The Kier molecular flexibility index (Phi) is 5.20. The summed E-state index contributed by atoms with van der Waals surface area (Å²) in [6, 6.07) is 24.0. The van der Waals surface area contributed by atoms with E-state index in [4.69, 9.17) is 4.74 Å². The topological polar surface area (TPSA) is 62.4 Å². The van der Waals surface area contributed by atoms with Gasteiger partial charge in [0, 0.05) is 23.1 Å². The van der Waals surface area contributed by atoms with Crippen LogP contribution in [0.3, 0.4) is 0 Å². The maximum absolute atomic E-state index is 11.7. The summed E-state index contributed by atoms with van der Waals surface area (Å²) >= 11 is 0. The number of benzene rings is 3. The number of esters is 1. The first-order chi connectivity index (χ1) is 14.2. The van der Waals surface area contributed by atoms with Crippen LogP contribution in [0.4, 0.5) is 5.69 Å². The molecular formula is C24H25N3O2. The van der Waals surface area contributed by atoms with Gasteiger partial charge in [0.25, 0.3) is 0 Å². The van der Waals surface area contributed by atoms with E-state index in [1.165, 1.54) is 12.7 Å². The predicted molar refractivity (Wildman–Crippen MR) is 117 cm³/mol. The summed E-state index contributed by atoms with van der Waals surface area (Å²) in [5.74, 6) is 0.551. The molecule has 0 bridgehead atoms. The average Bonchev–Trinajstić information content (AvgIpc) is 2.79. The van der Waals surface area contributed by atoms with E-state index in [1.54, 1.807) is 12.1 Å². The van der Waals surface area contributed by atoms with Gasteiger partial charge < -0.3 is 10.1 Å². The highest BCUT2D eigenvalue weighted by Gasteiger charge is 2.13. The van der Waals surface area contributed by atoms with Crippen molar-refractivity contribution in [3.05, 3.63) is 99.9 Å². The van der Waals surface area contributed by atoms with E-state index in [2.05, 4.69) is 59.5 Å². The van der Waals surface area contributed by atoms with E-state index in [9.17, 15) is 4.79 Å². The van der Waals surface area contributed by atoms with Crippen molar-refractivity contribution in [1.29, 1.82) is 0 Å². The first kappa shape index (κ1) is 18.6.